The van der Waals surface area contributed by atoms with Gasteiger partial charge in [-0.05, 0) is 72.5 Å². The minimum atomic E-state index is -4.58. The number of benzene rings is 2. The number of nitrogens with zero attached hydrogens (tertiary/aromatic N) is 4. The van der Waals surface area contributed by atoms with Crippen molar-refractivity contribution in [2.45, 2.75) is 31.5 Å². The van der Waals surface area contributed by atoms with Crippen LogP contribution in [-0.2, 0) is 12.6 Å². The quantitative estimate of drug-likeness (QED) is 0.497. The molecule has 4 aliphatic rings. The topological polar surface area (TPSA) is 73.1 Å². The van der Waals surface area contributed by atoms with Gasteiger partial charge in [-0.1, -0.05) is 35.1 Å². The smallest absolute Gasteiger partial charge is 0.416 e. The monoisotopic (exact) mass is 545 g/mol. The predicted molar refractivity (Wildman–Crippen MR) is 138 cm³/mol. The molecular formula is C26H23ClF3N5OS. The standard InChI is InChI=1S/C26H23ClF3N5OS/c27-18-3-1-16(20(11-18)26(28,29)30)10-19(15-2-4-21-17(9-15)12-31-34-21)23-24(36)33-25(37-23)32-22-13-35-7-5-14(22)6-8-35/h1-4,9,11-12,14,22,36H,5-8,10,13H2,(H,32,33)/t22-/m0/s1. The van der Waals surface area contributed by atoms with E-state index in [9.17, 15) is 18.3 Å². The second-order valence-electron chi connectivity index (χ2n) is 9.63. The summed E-state index contributed by atoms with van der Waals surface area (Å²) in [4.78, 5) is 7.22. The Morgan fingerprint density at radius 1 is 1.16 bits per heavy atom. The van der Waals surface area contributed by atoms with Gasteiger partial charge < -0.3 is 15.3 Å². The number of rotatable bonds is 5. The number of hydrogen-bond acceptors (Lipinski definition) is 7. The molecule has 0 unspecified atom stereocenters. The van der Waals surface area contributed by atoms with Gasteiger partial charge >= 0.3 is 6.18 Å². The summed E-state index contributed by atoms with van der Waals surface area (Å²) in [7, 11) is 0. The number of halogens is 4. The maximum Gasteiger partial charge on any atom is 0.416 e. The zero-order valence-electron chi connectivity index (χ0n) is 19.6. The molecule has 3 fully saturated rings. The van der Waals surface area contributed by atoms with E-state index in [-0.39, 0.29) is 28.9 Å². The molecule has 1 aromatic heterocycles. The van der Waals surface area contributed by atoms with Crippen LogP contribution in [0.4, 0.5) is 18.3 Å². The highest BCUT2D eigenvalue weighted by atomic mass is 35.5. The lowest BCUT2D eigenvalue weighted by molar-refractivity contribution is -0.138. The lowest BCUT2D eigenvalue weighted by atomic mass is 9.84. The normalized spacial score (nSPS) is 23.1. The Kier molecular flexibility index (Phi) is 6.21. The SMILES string of the molecule is Oc1nc(N[C@H]2CN3CCC2CC3)sc1C(Cc1ccc(Cl)cc1C(F)(F)F)=c1ccc2c(c1)C=NN=2. The van der Waals surface area contributed by atoms with Gasteiger partial charge in [-0.15, -0.1) is 0 Å². The molecule has 1 atom stereocenters. The molecule has 6 nitrogen and oxygen atoms in total. The summed E-state index contributed by atoms with van der Waals surface area (Å²) < 4.78 is 41.7. The van der Waals surface area contributed by atoms with E-state index < -0.39 is 11.7 Å². The Labute approximate surface area is 219 Å². The van der Waals surface area contributed by atoms with Crippen molar-refractivity contribution in [3.63, 3.8) is 0 Å². The third kappa shape index (κ3) is 4.85. The third-order valence-electron chi connectivity index (χ3n) is 7.33. The Balaban J connectivity index is 1.43. The molecule has 0 saturated carbocycles. The van der Waals surface area contributed by atoms with Gasteiger partial charge in [0.15, 0.2) is 5.13 Å². The van der Waals surface area contributed by atoms with Gasteiger partial charge in [-0.3, -0.25) is 0 Å². The van der Waals surface area contributed by atoms with Crippen molar-refractivity contribution in [1.82, 2.24) is 9.88 Å². The minimum absolute atomic E-state index is 0.0117. The fourth-order valence-corrected chi connectivity index (χ4v) is 6.58. The maximum absolute atomic E-state index is 13.9. The Morgan fingerprint density at radius 3 is 2.70 bits per heavy atom. The van der Waals surface area contributed by atoms with E-state index >= 15 is 0 Å². The first kappa shape index (κ1) is 24.4. The van der Waals surface area contributed by atoms with E-state index in [2.05, 4.69) is 25.4 Å². The zero-order valence-corrected chi connectivity index (χ0v) is 21.2. The van der Waals surface area contributed by atoms with Gasteiger partial charge in [0.25, 0.3) is 0 Å². The Bertz CT molecular complexity index is 1510. The zero-order chi connectivity index (χ0) is 25.7. The summed E-state index contributed by atoms with van der Waals surface area (Å²) in [6, 6.07) is 9.40. The van der Waals surface area contributed by atoms with E-state index in [0.717, 1.165) is 44.1 Å². The van der Waals surface area contributed by atoms with Crippen molar-refractivity contribution in [1.29, 1.82) is 0 Å². The molecule has 0 aliphatic carbocycles. The first-order valence-corrected chi connectivity index (χ1v) is 13.2. The molecule has 0 spiro atoms. The fraction of sp³-hybridized carbons (Fsp3) is 0.346. The average Bonchev–Trinajstić information content (AvgIpc) is 3.49. The summed E-state index contributed by atoms with van der Waals surface area (Å²) in [5, 5.41) is 24.3. The molecule has 2 bridgehead atoms. The van der Waals surface area contributed by atoms with Gasteiger partial charge in [-0.25, -0.2) is 0 Å². The van der Waals surface area contributed by atoms with Crippen LogP contribution >= 0.6 is 22.9 Å². The summed E-state index contributed by atoms with van der Waals surface area (Å²) in [6.07, 6.45) is -0.802. The lowest BCUT2D eigenvalue weighted by Gasteiger charge is -2.44. The van der Waals surface area contributed by atoms with E-state index in [1.54, 1.807) is 18.3 Å². The van der Waals surface area contributed by atoms with Crippen molar-refractivity contribution in [3.05, 3.63) is 73.6 Å². The Morgan fingerprint density at radius 2 is 1.97 bits per heavy atom. The average molecular weight is 546 g/mol. The van der Waals surface area contributed by atoms with Gasteiger partial charge in [0.1, 0.15) is 0 Å². The number of anilines is 1. The van der Waals surface area contributed by atoms with Crippen LogP contribution < -0.4 is 15.9 Å². The van der Waals surface area contributed by atoms with Crippen LogP contribution in [0.25, 0.3) is 5.57 Å². The summed E-state index contributed by atoms with van der Waals surface area (Å²) >= 11 is 7.17. The first-order valence-electron chi connectivity index (χ1n) is 12.0. The highest BCUT2D eigenvalue weighted by Crippen LogP contribution is 2.40. The molecule has 4 aliphatic heterocycles. The number of fused-ring (bicyclic) bond motifs is 4. The van der Waals surface area contributed by atoms with Gasteiger partial charge in [0.2, 0.25) is 5.88 Å². The number of nitrogens with one attached hydrogen (secondary N) is 1. The molecular weight excluding hydrogens is 523 g/mol. The molecule has 5 heterocycles. The number of aromatic nitrogens is 1. The van der Waals surface area contributed by atoms with Crippen molar-refractivity contribution in [2.24, 2.45) is 16.1 Å². The molecule has 2 aromatic carbocycles. The fourth-order valence-electron chi connectivity index (χ4n) is 5.42. The molecule has 37 heavy (non-hydrogen) atoms. The van der Waals surface area contributed by atoms with Crippen LogP contribution in [0, 0.1) is 5.92 Å². The van der Waals surface area contributed by atoms with Crippen LogP contribution in [0.3, 0.4) is 0 Å². The number of aromatic hydroxyl groups is 1. The summed E-state index contributed by atoms with van der Waals surface area (Å²) in [6.45, 7) is 3.13. The van der Waals surface area contributed by atoms with E-state index in [1.165, 1.54) is 23.5 Å². The summed E-state index contributed by atoms with van der Waals surface area (Å²) in [5.74, 6) is 0.344. The predicted octanol–water partition coefficient (Wildman–Crippen LogP) is 4.44. The van der Waals surface area contributed by atoms with Crippen LogP contribution in [0.5, 0.6) is 5.88 Å². The molecule has 3 aromatic rings. The van der Waals surface area contributed by atoms with Crippen molar-refractivity contribution >= 4 is 39.9 Å². The molecule has 0 amide bonds. The van der Waals surface area contributed by atoms with E-state index in [4.69, 9.17) is 11.6 Å². The van der Waals surface area contributed by atoms with Crippen molar-refractivity contribution < 1.29 is 18.3 Å². The molecule has 192 valence electrons. The van der Waals surface area contributed by atoms with Crippen LogP contribution in [-0.4, -0.2) is 46.9 Å². The van der Waals surface area contributed by atoms with Crippen molar-refractivity contribution in [2.75, 3.05) is 25.0 Å². The first-order chi connectivity index (χ1) is 17.7. The molecule has 0 radical (unpaired) electrons. The number of thiazole rings is 1. The van der Waals surface area contributed by atoms with Crippen LogP contribution in [0.15, 0.2) is 46.6 Å². The lowest BCUT2D eigenvalue weighted by Crippen LogP contribution is -2.53. The van der Waals surface area contributed by atoms with Crippen LogP contribution in [0.2, 0.25) is 5.02 Å². The minimum Gasteiger partial charge on any atom is -0.492 e. The third-order valence-corrected chi connectivity index (χ3v) is 8.60. The number of piperidine rings is 3. The van der Waals surface area contributed by atoms with Gasteiger partial charge in [-0.2, -0.15) is 28.4 Å². The molecule has 7 rings (SSSR count). The maximum atomic E-state index is 13.9. The summed E-state index contributed by atoms with van der Waals surface area (Å²) in [5.41, 5.74) is 0.556. The second kappa shape index (κ2) is 9.41. The Hall–Kier alpha value is -2.95. The number of hydrogen-bond donors (Lipinski definition) is 2. The molecule has 2 N–H and O–H groups in total. The highest BCUT2D eigenvalue weighted by molar-refractivity contribution is 7.17. The second-order valence-corrected chi connectivity index (χ2v) is 11.1. The van der Waals surface area contributed by atoms with Gasteiger partial charge in [0.05, 0.1) is 22.0 Å². The van der Waals surface area contributed by atoms with E-state index in [0.29, 0.717) is 32.1 Å². The van der Waals surface area contributed by atoms with E-state index in [1.807, 2.05) is 6.07 Å². The number of alkyl halides is 3. The molecule has 3 saturated heterocycles. The van der Waals surface area contributed by atoms with Gasteiger partial charge in [0, 0.05) is 29.6 Å². The van der Waals surface area contributed by atoms with Crippen LogP contribution in [0.1, 0.15) is 34.4 Å². The van der Waals surface area contributed by atoms with Crippen molar-refractivity contribution in [3.8, 4) is 5.88 Å². The molecule has 11 heteroatoms. The highest BCUT2D eigenvalue weighted by Gasteiger charge is 2.36. The largest absolute Gasteiger partial charge is 0.492 e.